The van der Waals surface area contributed by atoms with Crippen molar-refractivity contribution >= 4 is 30.1 Å². The Morgan fingerprint density at radius 2 is 1.35 bits per heavy atom. The first-order chi connectivity index (χ1) is 43.9. The highest BCUT2D eigenvalue weighted by Crippen LogP contribution is 2.61. The van der Waals surface area contributed by atoms with Crippen LogP contribution >= 0.6 is 0 Å². The summed E-state index contributed by atoms with van der Waals surface area (Å²) in [5.74, 6) is -6.46. The van der Waals surface area contributed by atoms with Gasteiger partial charge >= 0.3 is 18.0 Å². The van der Waals surface area contributed by atoms with Crippen molar-refractivity contribution in [2.24, 2.45) is 40.9 Å². The molecule has 10 rings (SSSR count). The summed E-state index contributed by atoms with van der Waals surface area (Å²) < 4.78 is 81.5. The van der Waals surface area contributed by atoms with E-state index in [0.717, 1.165) is 7.11 Å². The summed E-state index contributed by atoms with van der Waals surface area (Å²) >= 11 is 0. The highest BCUT2D eigenvalue weighted by Gasteiger charge is 2.65. The summed E-state index contributed by atoms with van der Waals surface area (Å²) in [6, 6.07) is -1.12. The van der Waals surface area contributed by atoms with E-state index in [1.54, 1.807) is 33.8 Å². The SMILES string of the molecule is COC(=O)NC1C(C)OC(OC2C/C=C(\C)C3C=C[C@H]4C(OC5CC(OC6CCC(OC7CC(O)C(OC8CCC(O)C(C)O8)C(C)O7)C(C)O6)C(OC(C)=O)C(C)O5)C(C)CC(C)[C@@H]4[C@@]3(C)/C(O)=C3/C(=O)OC4(CC(C=O)=CC(O)[C@@H]4/C=C\2C)C3=O)CC1(C)[N+](=O)[O-]. The number of esters is 2. The standard InChI is InChI=1S/C67H96N2O24/c1-30-14-18-47(88-54-28-65(11,69(79)80)60(38(9)86-54)68-64(78)81-13)31(2)23-43-45(73)24-40(29-70)27-67(43)62(76)55(63(77)93-67)61(75)66(12)42(30)16-15-41-56(66)32(3)22-33(4)57(41)92-53-26-49(59(37(8)85-53)87-39(10)71)90-50-21-19-48(35(6)83-50)89-52-25-46(74)58(36(7)84-52)91-51-20-17-44(72)34(5)82-51/h14-16,23-24,29,32-38,41-54,56-60,72-75H,17-22,25-28H2,1-13H3,(H,68,78)/b30-14+,31-23-,61-55-/t32?,33?,34?,35?,36?,37?,38?,41-,42?,43+,44?,45?,46?,47?,48?,49?,50?,51?,52?,53?,54?,56+,57?,58?,59?,60?,65?,66+,67?/m1/s1. The van der Waals surface area contributed by atoms with Gasteiger partial charge in [0.1, 0.15) is 35.9 Å². The molecule has 26 nitrogen and oxygen atoms in total. The number of amides is 1. The number of methoxy groups -OCH3 is 1. The fourth-order valence-corrected chi connectivity index (χ4v) is 16.9. The van der Waals surface area contributed by atoms with Crippen LogP contribution in [0.2, 0.25) is 0 Å². The van der Waals surface area contributed by atoms with E-state index >= 15 is 4.79 Å². The number of ketones is 1. The van der Waals surface area contributed by atoms with Crippen molar-refractivity contribution in [3.8, 4) is 0 Å². The fourth-order valence-electron chi connectivity index (χ4n) is 16.9. The first-order valence-corrected chi connectivity index (χ1v) is 33.1. The Balaban J connectivity index is 0.904. The molecule has 4 aliphatic carbocycles. The molecule has 1 amide bonds. The fraction of sp³-hybridized carbons (Fsp3) is 0.776. The van der Waals surface area contributed by atoms with Gasteiger partial charge in [-0.3, -0.25) is 24.5 Å². The zero-order chi connectivity index (χ0) is 67.5. The van der Waals surface area contributed by atoms with Gasteiger partial charge in [-0.1, -0.05) is 50.6 Å². The van der Waals surface area contributed by atoms with Gasteiger partial charge in [0.2, 0.25) is 11.3 Å². The van der Waals surface area contributed by atoms with Crippen LogP contribution < -0.4 is 5.32 Å². The summed E-state index contributed by atoms with van der Waals surface area (Å²) in [5, 5.41) is 62.0. The van der Waals surface area contributed by atoms with E-state index in [2.05, 4.69) is 25.2 Å². The minimum atomic E-state index is -2.20. The normalized spacial score (nSPS) is 48.2. The van der Waals surface area contributed by atoms with Gasteiger partial charge in [-0.05, 0) is 109 Å². The zero-order valence-corrected chi connectivity index (χ0v) is 55.4. The molecular formula is C67H96N2O24. The third-order valence-electron chi connectivity index (χ3n) is 21.7. The van der Waals surface area contributed by atoms with Crippen molar-refractivity contribution in [3.63, 3.8) is 0 Å². The summed E-state index contributed by atoms with van der Waals surface area (Å²) in [7, 11) is 1.15. The molecule has 0 aromatic heterocycles. The number of rotatable bonds is 14. The van der Waals surface area contributed by atoms with Gasteiger partial charge in [-0.25, -0.2) is 9.59 Å². The third kappa shape index (κ3) is 14.0. The van der Waals surface area contributed by atoms with Gasteiger partial charge in [-0.2, -0.15) is 0 Å². The number of aliphatic hydroxyl groups is 4. The number of carbonyl (C=O) groups is 5. The average molecular weight is 1310 g/mol. The molecule has 518 valence electrons. The summed E-state index contributed by atoms with van der Waals surface area (Å²) in [4.78, 5) is 80.4. The number of carbonyl (C=O) groups excluding carboxylic acids is 5. The lowest BCUT2D eigenvalue weighted by molar-refractivity contribution is -0.584. The number of hydrogen-bond acceptors (Lipinski definition) is 24. The number of fused-ring (bicyclic) bond motifs is 4. The largest absolute Gasteiger partial charge is 0.511 e. The minimum absolute atomic E-state index is 0.00196. The first-order valence-electron chi connectivity index (χ1n) is 33.1. The van der Waals surface area contributed by atoms with Crippen molar-refractivity contribution in [3.05, 3.63) is 68.5 Å². The van der Waals surface area contributed by atoms with E-state index in [1.165, 1.54) is 19.9 Å². The predicted molar refractivity (Wildman–Crippen MR) is 325 cm³/mol. The Bertz CT molecular complexity index is 2960. The van der Waals surface area contributed by atoms with E-state index < -0.39 is 210 Å². The zero-order valence-electron chi connectivity index (χ0n) is 55.4. The molecule has 1 spiro atoms. The van der Waals surface area contributed by atoms with Gasteiger partial charge in [0, 0.05) is 68.1 Å². The lowest BCUT2D eigenvalue weighted by Gasteiger charge is -2.56. The third-order valence-corrected chi connectivity index (χ3v) is 21.7. The molecule has 0 aromatic rings. The molecule has 26 heteroatoms. The smallest absolute Gasteiger partial charge is 0.407 e. The molecule has 5 N–H and O–H groups in total. The number of nitro groups is 1. The molecule has 6 heterocycles. The molecule has 10 aliphatic rings. The number of alkyl carbamates (subject to hydrolysis) is 1. The van der Waals surface area contributed by atoms with Crippen molar-refractivity contribution in [1.29, 1.82) is 0 Å². The average Bonchev–Trinajstić information content (AvgIpc) is 1.68. The maximum absolute atomic E-state index is 15.6. The van der Waals surface area contributed by atoms with Gasteiger partial charge < -0.3 is 87.3 Å². The maximum atomic E-state index is 15.6. The van der Waals surface area contributed by atoms with Crippen LogP contribution in [-0.2, 0) is 80.8 Å². The van der Waals surface area contributed by atoms with Crippen molar-refractivity contribution in [2.45, 2.75) is 281 Å². The maximum Gasteiger partial charge on any atom is 0.407 e. The molecule has 1 saturated carbocycles. The molecule has 29 atom stereocenters. The van der Waals surface area contributed by atoms with Crippen LogP contribution in [0, 0.1) is 51.0 Å². The number of aldehydes is 1. The minimum Gasteiger partial charge on any atom is -0.511 e. The van der Waals surface area contributed by atoms with Crippen LogP contribution in [0.25, 0.3) is 0 Å². The topological polar surface area (TPSA) is 341 Å². The van der Waals surface area contributed by atoms with E-state index in [1.807, 2.05) is 39.8 Å². The van der Waals surface area contributed by atoms with E-state index in [4.69, 9.17) is 61.6 Å². The molecule has 0 radical (unpaired) electrons. The van der Waals surface area contributed by atoms with Gasteiger partial charge in [-0.15, -0.1) is 0 Å². The van der Waals surface area contributed by atoms with E-state index in [9.17, 15) is 49.7 Å². The Morgan fingerprint density at radius 1 is 0.720 bits per heavy atom. The first kappa shape index (κ1) is 70.7. The van der Waals surface area contributed by atoms with E-state index in [0.29, 0.717) is 49.5 Å². The molecule has 0 aromatic carbocycles. The van der Waals surface area contributed by atoms with Crippen LogP contribution in [0.15, 0.2) is 58.4 Å². The summed E-state index contributed by atoms with van der Waals surface area (Å²) in [6.07, 6.45) is -4.21. The van der Waals surface area contributed by atoms with Crippen LogP contribution in [0.5, 0.6) is 0 Å². The van der Waals surface area contributed by atoms with Crippen molar-refractivity contribution in [1.82, 2.24) is 5.32 Å². The van der Waals surface area contributed by atoms with Crippen molar-refractivity contribution in [2.75, 3.05) is 7.11 Å². The number of nitrogens with zero attached hydrogens (tertiary/aromatic N) is 1. The van der Waals surface area contributed by atoms with Crippen molar-refractivity contribution < 1.29 is 111 Å². The number of allylic oxidation sites excluding steroid dienone is 3. The molecule has 7 fully saturated rings. The Hall–Kier alpha value is -5.07. The molecular weight excluding hydrogens is 1220 g/mol. The second kappa shape index (κ2) is 28.2. The van der Waals surface area contributed by atoms with Gasteiger partial charge in [0.25, 0.3) is 0 Å². The van der Waals surface area contributed by atoms with Gasteiger partial charge in [0.15, 0.2) is 43.2 Å². The number of ether oxygens (including phenoxy) is 13. The lowest BCUT2D eigenvalue weighted by Crippen LogP contribution is -2.65. The lowest BCUT2D eigenvalue weighted by atomic mass is 9.49. The Labute approximate surface area is 542 Å². The predicted octanol–water partition coefficient (Wildman–Crippen LogP) is 6.36. The molecule has 6 saturated heterocycles. The molecule has 2 bridgehead atoms. The Kier molecular flexibility index (Phi) is 21.4. The molecule has 6 aliphatic heterocycles. The van der Waals surface area contributed by atoms with Crippen LogP contribution in [-0.4, -0.2) is 197 Å². The summed E-state index contributed by atoms with van der Waals surface area (Å²) in [6.45, 7) is 21.0. The number of nitrogens with one attached hydrogen (secondary N) is 1. The second-order valence-corrected chi connectivity index (χ2v) is 28.2. The highest BCUT2D eigenvalue weighted by atomic mass is 16.8. The monoisotopic (exact) mass is 1310 g/mol. The van der Waals surface area contributed by atoms with Crippen LogP contribution in [0.3, 0.4) is 0 Å². The number of Topliss-reactive ketones (excluding diaryl/α,β-unsaturated/α-hetero) is 1. The number of hydrogen-bond donors (Lipinski definition) is 5. The summed E-state index contributed by atoms with van der Waals surface area (Å²) in [5.41, 5.74) is -4.91. The quantitative estimate of drug-likeness (QED) is 0.0240. The van der Waals surface area contributed by atoms with E-state index in [-0.39, 0.29) is 43.1 Å². The second-order valence-electron chi connectivity index (χ2n) is 28.2. The Morgan fingerprint density at radius 3 is 2.01 bits per heavy atom. The molecule has 25 unspecified atom stereocenters. The molecule has 93 heavy (non-hydrogen) atoms. The van der Waals surface area contributed by atoms with Crippen LogP contribution in [0.1, 0.15) is 147 Å². The number of aliphatic hydroxyl groups excluding tert-OH is 4. The van der Waals surface area contributed by atoms with Gasteiger partial charge in [0.05, 0.1) is 86.6 Å². The highest BCUT2D eigenvalue weighted by molar-refractivity contribution is 6.26. The van der Waals surface area contributed by atoms with Crippen LogP contribution in [0.4, 0.5) is 4.79 Å².